The van der Waals surface area contributed by atoms with Gasteiger partial charge in [-0.05, 0) is 49.5 Å². The Labute approximate surface area is 197 Å². The molecule has 6 heteroatoms. The number of benzene rings is 2. The van der Waals surface area contributed by atoms with Gasteiger partial charge in [-0.25, -0.2) is 4.79 Å². The van der Waals surface area contributed by atoms with Crippen molar-refractivity contribution in [3.63, 3.8) is 0 Å². The second-order valence-corrected chi connectivity index (χ2v) is 9.31. The second-order valence-electron chi connectivity index (χ2n) is 9.31. The molecule has 0 spiro atoms. The lowest BCUT2D eigenvalue weighted by atomic mass is 9.90. The summed E-state index contributed by atoms with van der Waals surface area (Å²) in [5.74, 6) is 0.619. The molecule has 2 aromatic carbocycles. The molecule has 34 heavy (non-hydrogen) atoms. The number of rotatable bonds is 5. The van der Waals surface area contributed by atoms with Gasteiger partial charge in [0.15, 0.2) is 0 Å². The van der Waals surface area contributed by atoms with Crippen LogP contribution in [0.15, 0.2) is 66.3 Å². The lowest BCUT2D eigenvalue weighted by Gasteiger charge is -2.29. The van der Waals surface area contributed by atoms with Crippen molar-refractivity contribution in [3.8, 4) is 11.5 Å². The molecule has 0 saturated carbocycles. The fourth-order valence-electron chi connectivity index (χ4n) is 4.98. The number of aliphatic hydroxyl groups is 1. The molecule has 0 amide bonds. The van der Waals surface area contributed by atoms with E-state index in [0.29, 0.717) is 40.9 Å². The molecule has 2 aromatic rings. The topological polar surface area (TPSA) is 74.2 Å². The number of aliphatic hydroxyl groups excluding tert-OH is 1. The number of hydrogen-bond donors (Lipinski definition) is 1. The normalized spacial score (nSPS) is 27.4. The van der Waals surface area contributed by atoms with Crippen molar-refractivity contribution >= 4 is 17.1 Å². The molecule has 1 N–H and O–H groups in total. The van der Waals surface area contributed by atoms with Crippen LogP contribution in [0.2, 0.25) is 0 Å². The highest BCUT2D eigenvalue weighted by molar-refractivity contribution is 6.20. The molecule has 1 fully saturated rings. The second kappa shape index (κ2) is 8.24. The summed E-state index contributed by atoms with van der Waals surface area (Å²) in [7, 11) is 0. The van der Waals surface area contributed by atoms with Crippen LogP contribution >= 0.6 is 0 Å². The van der Waals surface area contributed by atoms with Gasteiger partial charge in [0, 0.05) is 22.6 Å². The van der Waals surface area contributed by atoms with Crippen LogP contribution in [0.3, 0.4) is 0 Å². The molecule has 3 atom stereocenters. The van der Waals surface area contributed by atoms with Crippen molar-refractivity contribution in [1.29, 1.82) is 0 Å². The minimum Gasteiger partial charge on any atom is -0.460 e. The molecule has 3 heterocycles. The Bertz CT molecular complexity index is 1330. The van der Waals surface area contributed by atoms with Gasteiger partial charge in [-0.15, -0.1) is 0 Å². The zero-order valence-corrected chi connectivity index (χ0v) is 19.0. The summed E-state index contributed by atoms with van der Waals surface area (Å²) in [4.78, 5) is 12.9. The van der Waals surface area contributed by atoms with Crippen LogP contribution in [-0.2, 0) is 14.3 Å². The maximum absolute atomic E-state index is 12.9. The molecule has 1 aliphatic carbocycles. The summed E-state index contributed by atoms with van der Waals surface area (Å²) in [5, 5.41) is 12.0. The van der Waals surface area contributed by atoms with Crippen LogP contribution in [0.1, 0.15) is 31.7 Å². The predicted octanol–water partition coefficient (Wildman–Crippen LogP) is 2.51. The highest BCUT2D eigenvalue weighted by Crippen LogP contribution is 2.33. The minimum atomic E-state index is -1.07. The van der Waals surface area contributed by atoms with Crippen molar-refractivity contribution in [3.05, 3.63) is 82.3 Å². The zero-order valence-electron chi connectivity index (χ0n) is 19.0. The quantitative estimate of drug-likeness (QED) is 0.548. The maximum Gasteiger partial charge on any atom is 0.344 e. The molecule has 0 bridgehead atoms. The molecule has 3 unspecified atom stereocenters. The lowest BCUT2D eigenvalue weighted by molar-refractivity contribution is -0.127. The zero-order chi connectivity index (χ0) is 23.3. The fraction of sp³-hybridized carbons (Fsp3) is 0.321. The van der Waals surface area contributed by atoms with Gasteiger partial charge >= 0.3 is 5.97 Å². The molecular weight excluding hydrogens is 432 g/mol. The summed E-state index contributed by atoms with van der Waals surface area (Å²) < 4.78 is 23.2. The van der Waals surface area contributed by atoms with Gasteiger partial charge < -0.3 is 24.1 Å². The molecule has 3 aliphatic heterocycles. The van der Waals surface area contributed by atoms with Crippen LogP contribution in [0.25, 0.3) is 11.1 Å². The maximum atomic E-state index is 12.9. The molecule has 1 saturated heterocycles. The fourth-order valence-corrected chi connectivity index (χ4v) is 4.98. The highest BCUT2D eigenvalue weighted by atomic mass is 16.6. The van der Waals surface area contributed by atoms with Crippen molar-refractivity contribution < 1.29 is 28.8 Å². The minimum absolute atomic E-state index is 0.164. The van der Waals surface area contributed by atoms with E-state index in [1.165, 1.54) is 0 Å². The van der Waals surface area contributed by atoms with E-state index in [1.807, 2.05) is 55.5 Å². The van der Waals surface area contributed by atoms with E-state index in [-0.39, 0.29) is 12.1 Å². The van der Waals surface area contributed by atoms with E-state index >= 15 is 0 Å². The van der Waals surface area contributed by atoms with E-state index in [9.17, 15) is 9.90 Å². The van der Waals surface area contributed by atoms with Crippen molar-refractivity contribution in [2.45, 2.75) is 44.2 Å². The smallest absolute Gasteiger partial charge is 0.344 e. The Morgan fingerprint density at radius 3 is 2.71 bits per heavy atom. The third-order valence-electron chi connectivity index (χ3n) is 6.87. The molecule has 0 aromatic heterocycles. The van der Waals surface area contributed by atoms with Gasteiger partial charge in [-0.3, -0.25) is 0 Å². The van der Waals surface area contributed by atoms with Crippen molar-refractivity contribution in [2.75, 3.05) is 13.2 Å². The van der Waals surface area contributed by atoms with Crippen LogP contribution in [0, 0.1) is 0 Å². The van der Waals surface area contributed by atoms with E-state index < -0.39 is 11.9 Å². The van der Waals surface area contributed by atoms with Gasteiger partial charge in [0.1, 0.15) is 11.5 Å². The Balaban J connectivity index is 1.33. The van der Waals surface area contributed by atoms with Crippen LogP contribution in [0.5, 0.6) is 11.5 Å². The van der Waals surface area contributed by atoms with Gasteiger partial charge in [0.25, 0.3) is 0 Å². The third kappa shape index (κ3) is 3.68. The molecule has 174 valence electrons. The molecule has 6 nitrogen and oxygen atoms in total. The molecule has 0 radical (unpaired) electrons. The Kier molecular flexibility index (Phi) is 5.17. The van der Waals surface area contributed by atoms with Gasteiger partial charge in [0.2, 0.25) is 6.29 Å². The Morgan fingerprint density at radius 1 is 1.15 bits per heavy atom. The average molecular weight is 459 g/mol. The van der Waals surface area contributed by atoms with E-state index in [4.69, 9.17) is 18.9 Å². The van der Waals surface area contributed by atoms with Gasteiger partial charge in [0.05, 0.1) is 23.9 Å². The van der Waals surface area contributed by atoms with Crippen molar-refractivity contribution in [1.82, 2.24) is 0 Å². The van der Waals surface area contributed by atoms with Crippen LogP contribution < -0.4 is 19.9 Å². The number of hydrogen-bond acceptors (Lipinski definition) is 6. The first-order valence-corrected chi connectivity index (χ1v) is 11.7. The molecular formula is C28H26O6. The summed E-state index contributed by atoms with van der Waals surface area (Å²) in [5.41, 5.74) is 2.39. The number of ether oxygens (including phenoxy) is 4. The summed E-state index contributed by atoms with van der Waals surface area (Å²) in [6.45, 7) is 3.41. The lowest BCUT2D eigenvalue weighted by Crippen LogP contribution is -2.31. The summed E-state index contributed by atoms with van der Waals surface area (Å²) >= 11 is 0. The van der Waals surface area contributed by atoms with E-state index in [1.54, 1.807) is 12.1 Å². The SMILES string of the molecule is CC1(OCC2CCCO2)C=CC(C2=c3cc4c(cc3OC2=O)=C(c2ccccc2)C(O)O4)=CC1. The number of fused-ring (bicyclic) bond motifs is 2. The molecule has 6 rings (SSSR count). The van der Waals surface area contributed by atoms with Crippen molar-refractivity contribution in [2.24, 2.45) is 0 Å². The van der Waals surface area contributed by atoms with Gasteiger partial charge in [-0.1, -0.05) is 48.6 Å². The third-order valence-corrected chi connectivity index (χ3v) is 6.87. The Morgan fingerprint density at radius 2 is 1.97 bits per heavy atom. The standard InChI is InChI=1S/C28H26O6/c1-28(32-16-19-8-5-13-31-19)11-9-18(10-12-28)25-21-15-22-20(14-23(21)34-27(25)30)24(26(29)33-22)17-6-3-2-4-7-17/h2-4,6-7,9-11,14-15,19,26,29H,5,8,12-13,16H2,1H3. The predicted molar refractivity (Wildman–Crippen MR) is 125 cm³/mol. The first-order chi connectivity index (χ1) is 16.5. The first kappa shape index (κ1) is 21.4. The van der Waals surface area contributed by atoms with Crippen LogP contribution in [-0.4, -0.2) is 42.3 Å². The monoisotopic (exact) mass is 458 g/mol. The summed E-state index contributed by atoms with van der Waals surface area (Å²) in [6, 6.07) is 13.2. The Hall–Kier alpha value is -3.19. The number of carbonyl (C=O) groups is 1. The average Bonchev–Trinajstić information content (AvgIpc) is 3.54. The molecule has 4 aliphatic rings. The first-order valence-electron chi connectivity index (χ1n) is 11.7. The number of carbonyl (C=O) groups excluding carboxylic acids is 1. The van der Waals surface area contributed by atoms with E-state index in [0.717, 1.165) is 35.8 Å². The number of esters is 1. The summed E-state index contributed by atoms with van der Waals surface area (Å²) in [6.07, 6.45) is 7.80. The van der Waals surface area contributed by atoms with E-state index in [2.05, 4.69) is 0 Å². The number of allylic oxidation sites excluding steroid dienone is 1. The highest BCUT2D eigenvalue weighted by Gasteiger charge is 2.33. The van der Waals surface area contributed by atoms with Gasteiger partial charge in [-0.2, -0.15) is 0 Å². The van der Waals surface area contributed by atoms with Crippen LogP contribution in [0.4, 0.5) is 0 Å². The largest absolute Gasteiger partial charge is 0.460 e.